The summed E-state index contributed by atoms with van der Waals surface area (Å²) in [6.45, 7) is 0. The number of carbonyl (C=O) groups excluding carboxylic acids is 1. The molecule has 1 amide bonds. The molecule has 2 aromatic heterocycles. The monoisotopic (exact) mass is 335 g/mol. The van der Waals surface area contributed by atoms with E-state index in [1.54, 1.807) is 12.1 Å². The molecule has 3 rings (SSSR count). The molecule has 0 unspecified atom stereocenters. The van der Waals surface area contributed by atoms with Gasteiger partial charge in [-0.2, -0.15) is 0 Å². The number of nitrogens with zero attached hydrogens (tertiary/aromatic N) is 2. The summed E-state index contributed by atoms with van der Waals surface area (Å²) in [5, 5.41) is 12.1. The summed E-state index contributed by atoms with van der Waals surface area (Å²) in [5.74, 6) is -0.0320. The molecule has 1 aromatic carbocycles. The van der Waals surface area contributed by atoms with Gasteiger partial charge in [0.1, 0.15) is 5.82 Å². The lowest BCUT2D eigenvalue weighted by Gasteiger charge is -2.01. The number of thiophene rings is 1. The first-order valence-electron chi connectivity index (χ1n) is 6.26. The van der Waals surface area contributed by atoms with Gasteiger partial charge in [0, 0.05) is 4.90 Å². The first kappa shape index (κ1) is 14.7. The average Bonchev–Trinajstić information content (AvgIpc) is 3.17. The van der Waals surface area contributed by atoms with Crippen LogP contribution in [0.1, 0.15) is 0 Å². The van der Waals surface area contributed by atoms with E-state index in [0.29, 0.717) is 5.89 Å². The summed E-state index contributed by atoms with van der Waals surface area (Å²) in [6.07, 6.45) is 0. The van der Waals surface area contributed by atoms with E-state index in [2.05, 4.69) is 15.5 Å². The number of carbonyl (C=O) groups is 1. The molecule has 3 aromatic rings. The Bertz CT molecular complexity index is 757. The number of nitrogens with one attached hydrogen (secondary N) is 1. The van der Waals surface area contributed by atoms with Crippen LogP contribution in [0.4, 0.5) is 10.4 Å². The molecule has 0 atom stereocenters. The Morgan fingerprint density at radius 1 is 1.27 bits per heavy atom. The molecule has 0 aliphatic carbocycles. The van der Waals surface area contributed by atoms with Crippen LogP contribution in [0.5, 0.6) is 0 Å². The number of thioether (sulfide) groups is 1. The van der Waals surface area contributed by atoms with Gasteiger partial charge in [-0.3, -0.25) is 10.1 Å². The number of amides is 1. The van der Waals surface area contributed by atoms with E-state index < -0.39 is 0 Å². The summed E-state index contributed by atoms with van der Waals surface area (Å²) in [5.41, 5.74) is 0. The smallest absolute Gasteiger partial charge is 0.322 e. The highest BCUT2D eigenvalue weighted by Crippen LogP contribution is 2.24. The van der Waals surface area contributed by atoms with Crippen molar-refractivity contribution >= 4 is 35.0 Å². The summed E-state index contributed by atoms with van der Waals surface area (Å²) < 4.78 is 18.1. The minimum absolute atomic E-state index is 0.0631. The van der Waals surface area contributed by atoms with Crippen LogP contribution in [-0.2, 0) is 4.79 Å². The van der Waals surface area contributed by atoms with E-state index in [9.17, 15) is 9.18 Å². The highest BCUT2D eigenvalue weighted by Gasteiger charge is 2.12. The maximum absolute atomic E-state index is 12.8. The number of benzene rings is 1. The van der Waals surface area contributed by atoms with Gasteiger partial charge < -0.3 is 4.42 Å². The van der Waals surface area contributed by atoms with Crippen LogP contribution in [0.15, 0.2) is 51.1 Å². The second-order valence-corrected chi connectivity index (χ2v) is 6.18. The second kappa shape index (κ2) is 6.71. The highest BCUT2D eigenvalue weighted by atomic mass is 32.2. The van der Waals surface area contributed by atoms with E-state index in [-0.39, 0.29) is 23.5 Å². The fourth-order valence-electron chi connectivity index (χ4n) is 1.61. The molecule has 0 radical (unpaired) electrons. The normalized spacial score (nSPS) is 10.6. The molecule has 0 fully saturated rings. The van der Waals surface area contributed by atoms with Crippen LogP contribution in [-0.4, -0.2) is 21.9 Å². The number of hydrogen-bond acceptors (Lipinski definition) is 6. The van der Waals surface area contributed by atoms with Gasteiger partial charge in [-0.25, -0.2) is 4.39 Å². The minimum atomic E-state index is -0.305. The van der Waals surface area contributed by atoms with Crippen LogP contribution < -0.4 is 5.32 Å². The molecule has 0 aliphatic heterocycles. The van der Waals surface area contributed by atoms with Crippen molar-refractivity contribution in [2.24, 2.45) is 0 Å². The van der Waals surface area contributed by atoms with Crippen molar-refractivity contribution in [3.8, 4) is 10.8 Å². The quantitative estimate of drug-likeness (QED) is 0.721. The van der Waals surface area contributed by atoms with Gasteiger partial charge in [0.15, 0.2) is 0 Å². The fraction of sp³-hybridized carbons (Fsp3) is 0.0714. The first-order chi connectivity index (χ1) is 10.7. The number of hydrogen-bond donors (Lipinski definition) is 1. The molecule has 2 heterocycles. The molecule has 8 heteroatoms. The molecule has 112 valence electrons. The van der Waals surface area contributed by atoms with E-state index in [1.165, 1.54) is 35.2 Å². The summed E-state index contributed by atoms with van der Waals surface area (Å²) in [4.78, 5) is 13.5. The fourth-order valence-corrected chi connectivity index (χ4v) is 2.95. The molecule has 0 spiro atoms. The Kier molecular flexibility index (Phi) is 4.50. The molecule has 0 saturated carbocycles. The number of halogens is 1. The lowest BCUT2D eigenvalue weighted by Crippen LogP contribution is -2.14. The van der Waals surface area contributed by atoms with E-state index in [0.717, 1.165) is 9.77 Å². The Labute approximate surface area is 133 Å². The number of aromatic nitrogens is 2. The van der Waals surface area contributed by atoms with Crippen LogP contribution in [0, 0.1) is 5.82 Å². The lowest BCUT2D eigenvalue weighted by molar-refractivity contribution is -0.113. The van der Waals surface area contributed by atoms with Crippen LogP contribution in [0.25, 0.3) is 10.8 Å². The topological polar surface area (TPSA) is 68.0 Å². The Hall–Kier alpha value is -2.19. The minimum Gasteiger partial charge on any atom is -0.402 e. The van der Waals surface area contributed by atoms with Crippen molar-refractivity contribution < 1.29 is 13.6 Å². The molecular weight excluding hydrogens is 325 g/mol. The van der Waals surface area contributed by atoms with Crippen molar-refractivity contribution in [3.63, 3.8) is 0 Å². The maximum Gasteiger partial charge on any atom is 0.322 e. The van der Waals surface area contributed by atoms with Crippen molar-refractivity contribution in [2.45, 2.75) is 4.90 Å². The lowest BCUT2D eigenvalue weighted by atomic mass is 10.4. The molecule has 0 aliphatic rings. The molecule has 0 saturated heterocycles. The third-order valence-electron chi connectivity index (χ3n) is 2.59. The van der Waals surface area contributed by atoms with E-state index in [4.69, 9.17) is 4.42 Å². The third-order valence-corrected chi connectivity index (χ3v) is 4.46. The second-order valence-electron chi connectivity index (χ2n) is 4.18. The van der Waals surface area contributed by atoms with Gasteiger partial charge in [-0.1, -0.05) is 11.2 Å². The predicted molar refractivity (Wildman–Crippen MR) is 83.4 cm³/mol. The Morgan fingerprint density at radius 2 is 2.09 bits per heavy atom. The van der Waals surface area contributed by atoms with E-state index >= 15 is 0 Å². The van der Waals surface area contributed by atoms with Gasteiger partial charge in [0.05, 0.1) is 10.6 Å². The molecule has 0 bridgehead atoms. The summed E-state index contributed by atoms with van der Waals surface area (Å²) >= 11 is 2.77. The molecule has 22 heavy (non-hydrogen) atoms. The largest absolute Gasteiger partial charge is 0.402 e. The van der Waals surface area contributed by atoms with Gasteiger partial charge in [0.25, 0.3) is 5.89 Å². The Balaban J connectivity index is 1.54. The number of rotatable bonds is 5. The average molecular weight is 335 g/mol. The van der Waals surface area contributed by atoms with Crippen molar-refractivity contribution in [1.29, 1.82) is 0 Å². The van der Waals surface area contributed by atoms with E-state index in [1.807, 2.05) is 17.5 Å². The SMILES string of the molecule is O=C(CSc1ccc(F)cc1)Nc1nnc(-c2cccs2)o1. The molecule has 1 N–H and O–H groups in total. The van der Waals surface area contributed by atoms with Gasteiger partial charge >= 0.3 is 6.01 Å². The standard InChI is InChI=1S/C14H10FN3O2S2/c15-9-3-5-10(6-4-9)22-8-12(19)16-14-18-17-13(20-14)11-2-1-7-21-11/h1-7H,8H2,(H,16,18,19). The van der Waals surface area contributed by atoms with Gasteiger partial charge in [-0.05, 0) is 35.7 Å². The van der Waals surface area contributed by atoms with Crippen LogP contribution >= 0.6 is 23.1 Å². The third kappa shape index (κ3) is 3.71. The predicted octanol–water partition coefficient (Wildman–Crippen LogP) is 3.67. The van der Waals surface area contributed by atoms with Crippen molar-refractivity contribution in [2.75, 3.05) is 11.1 Å². The van der Waals surface area contributed by atoms with Crippen LogP contribution in [0.2, 0.25) is 0 Å². The molecular formula is C14H10FN3O2S2. The number of anilines is 1. The molecule has 5 nitrogen and oxygen atoms in total. The van der Waals surface area contributed by atoms with Crippen LogP contribution in [0.3, 0.4) is 0 Å². The Morgan fingerprint density at radius 3 is 2.82 bits per heavy atom. The zero-order chi connectivity index (χ0) is 15.4. The summed E-state index contributed by atoms with van der Waals surface area (Å²) in [7, 11) is 0. The van der Waals surface area contributed by atoms with Gasteiger partial charge in [-0.15, -0.1) is 28.2 Å². The highest BCUT2D eigenvalue weighted by molar-refractivity contribution is 8.00. The van der Waals surface area contributed by atoms with Crippen molar-refractivity contribution in [1.82, 2.24) is 10.2 Å². The van der Waals surface area contributed by atoms with Crippen molar-refractivity contribution in [3.05, 3.63) is 47.6 Å². The first-order valence-corrected chi connectivity index (χ1v) is 8.13. The maximum atomic E-state index is 12.8. The zero-order valence-electron chi connectivity index (χ0n) is 11.2. The van der Waals surface area contributed by atoms with Gasteiger partial charge in [0.2, 0.25) is 5.91 Å². The summed E-state index contributed by atoms with van der Waals surface area (Å²) in [6, 6.07) is 9.74. The zero-order valence-corrected chi connectivity index (χ0v) is 12.8.